The number of nitrogens with zero attached hydrogens (tertiary/aromatic N) is 4. The van der Waals surface area contributed by atoms with Gasteiger partial charge in [-0.2, -0.15) is 8.42 Å². The average Bonchev–Trinajstić information content (AvgIpc) is 2.92. The molecule has 0 unspecified atom stereocenters. The molecule has 8 nitrogen and oxygen atoms in total. The Morgan fingerprint density at radius 3 is 2.78 bits per heavy atom. The van der Waals surface area contributed by atoms with Crippen LogP contribution in [-0.4, -0.2) is 34.3 Å². The quantitative estimate of drug-likeness (QED) is 0.864. The van der Waals surface area contributed by atoms with Crippen LogP contribution in [0.25, 0.3) is 0 Å². The molecular formula is C13H14ClN5O3S. The third-order valence-corrected chi connectivity index (χ3v) is 5.11. The molecule has 0 saturated heterocycles. The van der Waals surface area contributed by atoms with Crippen molar-refractivity contribution in [3.05, 3.63) is 35.2 Å². The van der Waals surface area contributed by atoms with Crippen molar-refractivity contribution in [2.45, 2.75) is 30.8 Å². The van der Waals surface area contributed by atoms with Crippen molar-refractivity contribution >= 4 is 27.5 Å². The highest BCUT2D eigenvalue weighted by Gasteiger charge is 2.23. The predicted octanol–water partition coefficient (Wildman–Crippen LogP) is 1.25. The third kappa shape index (κ3) is 3.67. The van der Waals surface area contributed by atoms with Gasteiger partial charge >= 0.3 is 0 Å². The number of sulfonamides is 1. The molecule has 1 aliphatic carbocycles. The number of rotatable bonds is 5. The third-order valence-electron chi connectivity index (χ3n) is 3.64. The highest BCUT2D eigenvalue weighted by Crippen LogP contribution is 2.27. The minimum Gasteiger partial charge on any atom is -0.266 e. The van der Waals surface area contributed by atoms with E-state index in [1.165, 1.54) is 30.9 Å². The maximum Gasteiger partial charge on any atom is 0.287 e. The first kappa shape index (κ1) is 15.9. The molecule has 0 spiro atoms. The molecule has 10 heteroatoms. The first-order chi connectivity index (χ1) is 10.9. The largest absolute Gasteiger partial charge is 0.287 e. The highest BCUT2D eigenvalue weighted by atomic mass is 35.5. The number of pyridine rings is 1. The van der Waals surface area contributed by atoms with E-state index in [4.69, 9.17) is 11.6 Å². The molecule has 1 aliphatic rings. The SMILES string of the molecule is O=C(NS(=O)(=O)c1ccc(Cl)cn1)c1cn(CC2CCC2)nn1. The molecule has 1 N–H and O–H groups in total. The van der Waals surface area contributed by atoms with Gasteiger partial charge in [0.25, 0.3) is 15.9 Å². The lowest BCUT2D eigenvalue weighted by atomic mass is 9.85. The molecular weight excluding hydrogens is 342 g/mol. The van der Waals surface area contributed by atoms with Crippen LogP contribution in [-0.2, 0) is 16.6 Å². The van der Waals surface area contributed by atoms with Crippen LogP contribution in [0.15, 0.2) is 29.6 Å². The Hall–Kier alpha value is -2.00. The van der Waals surface area contributed by atoms with Crippen molar-refractivity contribution in [1.82, 2.24) is 24.7 Å². The molecule has 1 fully saturated rings. The summed E-state index contributed by atoms with van der Waals surface area (Å²) in [5.74, 6) is -0.295. The first-order valence-corrected chi connectivity index (χ1v) is 8.89. The number of carbonyl (C=O) groups excluding carboxylic acids is 1. The van der Waals surface area contributed by atoms with Gasteiger partial charge in [-0.05, 0) is 30.9 Å². The Kier molecular flexibility index (Phi) is 4.31. The van der Waals surface area contributed by atoms with Gasteiger partial charge in [0.15, 0.2) is 10.7 Å². The Balaban J connectivity index is 1.69. The molecule has 3 rings (SSSR count). The molecule has 0 aromatic carbocycles. The highest BCUT2D eigenvalue weighted by molar-refractivity contribution is 7.90. The predicted molar refractivity (Wildman–Crippen MR) is 81.3 cm³/mol. The van der Waals surface area contributed by atoms with Crippen LogP contribution < -0.4 is 4.72 Å². The molecule has 0 aliphatic heterocycles. The molecule has 2 heterocycles. The fourth-order valence-electron chi connectivity index (χ4n) is 2.18. The topological polar surface area (TPSA) is 107 Å². The van der Waals surface area contributed by atoms with E-state index in [1.807, 2.05) is 4.72 Å². The van der Waals surface area contributed by atoms with Gasteiger partial charge in [0.05, 0.1) is 11.2 Å². The maximum atomic E-state index is 12.1. The number of carbonyl (C=O) groups is 1. The summed E-state index contributed by atoms with van der Waals surface area (Å²) in [6.45, 7) is 0.686. The molecule has 2 aromatic heterocycles. The second-order valence-corrected chi connectivity index (χ2v) is 7.44. The number of halogens is 1. The minimum absolute atomic E-state index is 0.0538. The maximum absolute atomic E-state index is 12.1. The van der Waals surface area contributed by atoms with E-state index in [9.17, 15) is 13.2 Å². The summed E-state index contributed by atoms with van der Waals surface area (Å²) in [4.78, 5) is 15.7. The molecule has 2 aromatic rings. The molecule has 0 bridgehead atoms. The van der Waals surface area contributed by atoms with E-state index in [1.54, 1.807) is 4.68 Å². The summed E-state index contributed by atoms with van der Waals surface area (Å²) in [7, 11) is -4.08. The lowest BCUT2D eigenvalue weighted by molar-refractivity contribution is 0.0976. The van der Waals surface area contributed by atoms with E-state index in [-0.39, 0.29) is 10.7 Å². The zero-order chi connectivity index (χ0) is 16.4. The van der Waals surface area contributed by atoms with Crippen LogP contribution in [0.2, 0.25) is 5.02 Å². The van der Waals surface area contributed by atoms with Crippen molar-refractivity contribution < 1.29 is 13.2 Å². The van der Waals surface area contributed by atoms with E-state index in [2.05, 4.69) is 15.3 Å². The van der Waals surface area contributed by atoms with Gasteiger partial charge in [-0.15, -0.1) is 5.10 Å². The molecule has 122 valence electrons. The van der Waals surface area contributed by atoms with E-state index < -0.39 is 15.9 Å². The summed E-state index contributed by atoms with van der Waals surface area (Å²) in [6.07, 6.45) is 6.11. The summed E-state index contributed by atoms with van der Waals surface area (Å²) in [5.41, 5.74) is -0.0538. The van der Waals surface area contributed by atoms with Gasteiger partial charge in [-0.3, -0.25) is 9.48 Å². The molecule has 1 saturated carbocycles. The van der Waals surface area contributed by atoms with Crippen molar-refractivity contribution in [3.63, 3.8) is 0 Å². The molecule has 0 atom stereocenters. The van der Waals surface area contributed by atoms with Crippen LogP contribution in [0.1, 0.15) is 29.8 Å². The fourth-order valence-corrected chi connectivity index (χ4v) is 3.18. The summed E-state index contributed by atoms with van der Waals surface area (Å²) in [5, 5.41) is 7.57. The van der Waals surface area contributed by atoms with Crippen molar-refractivity contribution in [3.8, 4) is 0 Å². The standard InChI is InChI=1S/C13H14ClN5O3S/c14-10-4-5-12(15-6-10)23(21,22)17-13(20)11-8-19(18-16-11)7-9-2-1-3-9/h4-6,8-9H,1-3,7H2,(H,17,20). The first-order valence-electron chi connectivity index (χ1n) is 7.03. The Morgan fingerprint density at radius 2 is 2.17 bits per heavy atom. The van der Waals surface area contributed by atoms with Gasteiger partial charge in [0, 0.05) is 12.7 Å². The van der Waals surface area contributed by atoms with Gasteiger partial charge in [0.2, 0.25) is 0 Å². The Bertz CT molecular complexity index is 814. The van der Waals surface area contributed by atoms with Crippen LogP contribution in [0.4, 0.5) is 0 Å². The summed E-state index contributed by atoms with van der Waals surface area (Å²) in [6, 6.07) is 2.59. The van der Waals surface area contributed by atoms with Crippen LogP contribution in [0.5, 0.6) is 0 Å². The Morgan fingerprint density at radius 1 is 1.39 bits per heavy atom. The second-order valence-electron chi connectivity index (χ2n) is 5.37. The molecule has 1 amide bonds. The van der Waals surface area contributed by atoms with Crippen molar-refractivity contribution in [1.29, 1.82) is 0 Å². The van der Waals surface area contributed by atoms with Gasteiger partial charge in [0.1, 0.15) is 0 Å². The fraction of sp³-hybridized carbons (Fsp3) is 0.385. The second kappa shape index (κ2) is 6.25. The molecule has 0 radical (unpaired) electrons. The summed E-state index contributed by atoms with van der Waals surface area (Å²) >= 11 is 5.66. The van der Waals surface area contributed by atoms with Crippen molar-refractivity contribution in [2.24, 2.45) is 5.92 Å². The number of hydrogen-bond acceptors (Lipinski definition) is 6. The lowest BCUT2D eigenvalue weighted by Crippen LogP contribution is -2.31. The normalized spacial score (nSPS) is 15.2. The average molecular weight is 356 g/mol. The lowest BCUT2D eigenvalue weighted by Gasteiger charge is -2.24. The van der Waals surface area contributed by atoms with E-state index >= 15 is 0 Å². The number of aromatic nitrogens is 4. The number of hydrogen-bond donors (Lipinski definition) is 1. The Labute approximate surface area is 137 Å². The number of nitrogens with one attached hydrogen (secondary N) is 1. The zero-order valence-corrected chi connectivity index (χ0v) is 13.6. The van der Waals surface area contributed by atoms with Gasteiger partial charge in [-0.25, -0.2) is 9.71 Å². The van der Waals surface area contributed by atoms with E-state index in [0.29, 0.717) is 17.5 Å². The minimum atomic E-state index is -4.08. The van der Waals surface area contributed by atoms with Crippen LogP contribution >= 0.6 is 11.6 Å². The van der Waals surface area contributed by atoms with E-state index in [0.717, 1.165) is 12.8 Å². The monoisotopic (exact) mass is 355 g/mol. The van der Waals surface area contributed by atoms with Crippen LogP contribution in [0.3, 0.4) is 0 Å². The summed E-state index contributed by atoms with van der Waals surface area (Å²) < 4.78 is 27.6. The van der Waals surface area contributed by atoms with Gasteiger partial charge in [-0.1, -0.05) is 23.2 Å². The van der Waals surface area contributed by atoms with Crippen molar-refractivity contribution in [2.75, 3.05) is 0 Å². The smallest absolute Gasteiger partial charge is 0.266 e. The van der Waals surface area contributed by atoms with Crippen LogP contribution in [0, 0.1) is 5.92 Å². The molecule has 23 heavy (non-hydrogen) atoms. The number of amides is 1. The zero-order valence-electron chi connectivity index (χ0n) is 12.0. The van der Waals surface area contributed by atoms with Gasteiger partial charge < -0.3 is 0 Å².